The van der Waals surface area contributed by atoms with Gasteiger partial charge in [-0.3, -0.25) is 0 Å². The molecule has 4 N–H and O–H groups in total. The van der Waals surface area contributed by atoms with Gasteiger partial charge in [0.1, 0.15) is 5.82 Å². The van der Waals surface area contributed by atoms with Crippen molar-refractivity contribution in [3.05, 3.63) is 36.0 Å². The Morgan fingerprint density at radius 3 is 2.38 bits per heavy atom. The number of benzene rings is 1. The second kappa shape index (κ2) is 4.40. The third kappa shape index (κ3) is 2.64. The number of rotatable bonds is 2. The van der Waals surface area contributed by atoms with Crippen LogP contribution < -0.4 is 11.5 Å². The highest BCUT2D eigenvalue weighted by Crippen LogP contribution is 2.25. The van der Waals surface area contributed by atoms with Crippen molar-refractivity contribution in [2.45, 2.75) is 17.0 Å². The summed E-state index contributed by atoms with van der Waals surface area (Å²) in [7, 11) is 0. The van der Waals surface area contributed by atoms with E-state index in [-0.39, 0.29) is 0 Å². The molecule has 0 unspecified atom stereocenters. The van der Waals surface area contributed by atoms with E-state index in [0.717, 1.165) is 16.3 Å². The fourth-order valence-corrected chi connectivity index (χ4v) is 2.08. The molecule has 0 spiro atoms. The molecule has 0 fully saturated rings. The molecule has 0 bridgehead atoms. The van der Waals surface area contributed by atoms with Crippen LogP contribution in [-0.2, 0) is 0 Å². The first-order valence-corrected chi connectivity index (χ1v) is 5.60. The zero-order valence-corrected chi connectivity index (χ0v) is 9.66. The number of hydrogen-bond acceptors (Lipinski definition) is 5. The van der Waals surface area contributed by atoms with E-state index >= 15 is 0 Å². The number of anilines is 2. The summed E-state index contributed by atoms with van der Waals surface area (Å²) in [5, 5.41) is 0.655. The quantitative estimate of drug-likeness (QED) is 0.612. The van der Waals surface area contributed by atoms with Gasteiger partial charge in [0.05, 0.1) is 0 Å². The van der Waals surface area contributed by atoms with E-state index in [4.69, 9.17) is 11.5 Å². The number of nitrogens with two attached hydrogens (primary N) is 2. The number of nitrogens with zero attached hydrogens (tertiary/aromatic N) is 2. The van der Waals surface area contributed by atoms with Crippen molar-refractivity contribution >= 4 is 23.3 Å². The minimum atomic E-state index is 0.491. The molecule has 1 aromatic heterocycles. The third-order valence-corrected chi connectivity index (χ3v) is 2.82. The number of hydrogen-bond donors (Lipinski definition) is 2. The summed E-state index contributed by atoms with van der Waals surface area (Å²) in [6.45, 7) is 1.89. The molecule has 2 aromatic rings. The maximum Gasteiger partial charge on any atom is 0.194 e. The largest absolute Gasteiger partial charge is 0.399 e. The molecule has 82 valence electrons. The fraction of sp³-hybridized carbons (Fsp3) is 0.0909. The number of nitrogen functional groups attached to an aromatic ring is 2. The van der Waals surface area contributed by atoms with E-state index in [2.05, 4.69) is 9.97 Å². The zero-order valence-electron chi connectivity index (χ0n) is 8.84. The molecule has 5 heteroatoms. The molecule has 0 aliphatic carbocycles. The Labute approximate surface area is 98.1 Å². The van der Waals surface area contributed by atoms with E-state index in [0.29, 0.717) is 11.0 Å². The molecular weight excluding hydrogens is 220 g/mol. The highest BCUT2D eigenvalue weighted by molar-refractivity contribution is 7.99. The van der Waals surface area contributed by atoms with Gasteiger partial charge in [0.15, 0.2) is 5.16 Å². The number of aromatic nitrogens is 2. The average Bonchev–Trinajstić information content (AvgIpc) is 2.20. The lowest BCUT2D eigenvalue weighted by Crippen LogP contribution is -1.96. The SMILES string of the molecule is Cc1cc(N)nc(Sc2ccc(N)cc2)n1. The highest BCUT2D eigenvalue weighted by Gasteiger charge is 2.02. The van der Waals surface area contributed by atoms with Crippen molar-refractivity contribution < 1.29 is 0 Å². The van der Waals surface area contributed by atoms with Crippen LogP contribution in [0.5, 0.6) is 0 Å². The lowest BCUT2D eigenvalue weighted by Gasteiger charge is -2.02. The highest BCUT2D eigenvalue weighted by atomic mass is 32.2. The minimum Gasteiger partial charge on any atom is -0.399 e. The first-order valence-electron chi connectivity index (χ1n) is 4.78. The van der Waals surface area contributed by atoms with E-state index in [1.54, 1.807) is 6.07 Å². The van der Waals surface area contributed by atoms with Gasteiger partial charge in [-0.2, -0.15) is 0 Å². The predicted molar refractivity (Wildman–Crippen MR) is 66.2 cm³/mol. The first-order chi connectivity index (χ1) is 7.63. The molecule has 16 heavy (non-hydrogen) atoms. The summed E-state index contributed by atoms with van der Waals surface area (Å²) in [5.41, 5.74) is 12.9. The van der Waals surface area contributed by atoms with Crippen molar-refractivity contribution in [3.8, 4) is 0 Å². The molecule has 2 rings (SSSR count). The van der Waals surface area contributed by atoms with Gasteiger partial charge >= 0.3 is 0 Å². The molecule has 1 aromatic carbocycles. The molecule has 0 atom stereocenters. The lowest BCUT2D eigenvalue weighted by atomic mass is 10.3. The standard InChI is InChI=1S/C11H12N4S/c1-7-6-10(13)15-11(14-7)16-9-4-2-8(12)3-5-9/h2-6H,12H2,1H3,(H2,13,14,15). The summed E-state index contributed by atoms with van der Waals surface area (Å²) in [6.07, 6.45) is 0. The Hall–Kier alpha value is -1.75. The van der Waals surface area contributed by atoms with Crippen LogP contribution in [-0.4, -0.2) is 9.97 Å². The monoisotopic (exact) mass is 232 g/mol. The molecule has 0 amide bonds. The second-order valence-electron chi connectivity index (χ2n) is 3.39. The molecule has 0 saturated heterocycles. The topological polar surface area (TPSA) is 77.8 Å². The minimum absolute atomic E-state index is 0.491. The van der Waals surface area contributed by atoms with Gasteiger partial charge in [-0.25, -0.2) is 9.97 Å². The Morgan fingerprint density at radius 2 is 1.75 bits per heavy atom. The van der Waals surface area contributed by atoms with Crippen molar-refractivity contribution in [3.63, 3.8) is 0 Å². The molecular formula is C11H12N4S. The molecule has 1 heterocycles. The van der Waals surface area contributed by atoms with Gasteiger partial charge in [0.2, 0.25) is 0 Å². The maximum absolute atomic E-state index is 5.65. The van der Waals surface area contributed by atoms with Crippen LogP contribution in [0.15, 0.2) is 40.4 Å². The normalized spacial score (nSPS) is 10.3. The first kappa shape index (κ1) is 10.8. The third-order valence-electron chi connectivity index (χ3n) is 1.94. The summed E-state index contributed by atoms with van der Waals surface area (Å²) in [6, 6.07) is 9.31. The molecule has 0 aliphatic rings. The summed E-state index contributed by atoms with van der Waals surface area (Å²) in [5.74, 6) is 0.491. The van der Waals surface area contributed by atoms with Crippen LogP contribution in [0.2, 0.25) is 0 Å². The van der Waals surface area contributed by atoms with Crippen LogP contribution in [0, 0.1) is 6.92 Å². The Morgan fingerprint density at radius 1 is 1.06 bits per heavy atom. The predicted octanol–water partition coefficient (Wildman–Crippen LogP) is 2.10. The van der Waals surface area contributed by atoms with Crippen LogP contribution in [0.3, 0.4) is 0 Å². The molecule has 0 aliphatic heterocycles. The molecule has 0 radical (unpaired) electrons. The van der Waals surface area contributed by atoms with E-state index in [1.165, 1.54) is 11.8 Å². The van der Waals surface area contributed by atoms with E-state index in [1.807, 2.05) is 31.2 Å². The molecule has 4 nitrogen and oxygen atoms in total. The van der Waals surface area contributed by atoms with Gasteiger partial charge in [0, 0.05) is 22.3 Å². The lowest BCUT2D eigenvalue weighted by molar-refractivity contribution is 0.940. The van der Waals surface area contributed by atoms with Crippen LogP contribution >= 0.6 is 11.8 Å². The Kier molecular flexibility index (Phi) is 2.96. The van der Waals surface area contributed by atoms with Crippen LogP contribution in [0.1, 0.15) is 5.69 Å². The summed E-state index contributed by atoms with van der Waals surface area (Å²) in [4.78, 5) is 9.48. The van der Waals surface area contributed by atoms with E-state index < -0.39 is 0 Å². The smallest absolute Gasteiger partial charge is 0.194 e. The summed E-state index contributed by atoms with van der Waals surface area (Å²) < 4.78 is 0. The van der Waals surface area contributed by atoms with Crippen molar-refractivity contribution in [1.82, 2.24) is 9.97 Å². The zero-order chi connectivity index (χ0) is 11.5. The van der Waals surface area contributed by atoms with Crippen LogP contribution in [0.25, 0.3) is 0 Å². The van der Waals surface area contributed by atoms with Crippen LogP contribution in [0.4, 0.5) is 11.5 Å². The fourth-order valence-electron chi connectivity index (χ4n) is 1.25. The van der Waals surface area contributed by atoms with Gasteiger partial charge < -0.3 is 11.5 Å². The van der Waals surface area contributed by atoms with Crippen molar-refractivity contribution in [2.75, 3.05) is 11.5 Å². The van der Waals surface area contributed by atoms with E-state index in [9.17, 15) is 0 Å². The van der Waals surface area contributed by atoms with Gasteiger partial charge in [-0.05, 0) is 43.0 Å². The Balaban J connectivity index is 2.23. The number of aryl methyl sites for hydroxylation is 1. The van der Waals surface area contributed by atoms with Gasteiger partial charge in [0.25, 0.3) is 0 Å². The molecule has 0 saturated carbocycles. The van der Waals surface area contributed by atoms with Crippen molar-refractivity contribution in [1.29, 1.82) is 0 Å². The summed E-state index contributed by atoms with van der Waals surface area (Å²) >= 11 is 1.47. The maximum atomic E-state index is 5.65. The second-order valence-corrected chi connectivity index (χ2v) is 4.43. The van der Waals surface area contributed by atoms with Gasteiger partial charge in [-0.15, -0.1) is 0 Å². The van der Waals surface area contributed by atoms with Crippen molar-refractivity contribution in [2.24, 2.45) is 0 Å². The average molecular weight is 232 g/mol. The van der Waals surface area contributed by atoms with Gasteiger partial charge in [-0.1, -0.05) is 0 Å². The Bertz CT molecular complexity index is 476.